The number of fused-ring (bicyclic) bond motifs is 9. The van der Waals surface area contributed by atoms with Crippen LogP contribution in [0.2, 0.25) is 0 Å². The van der Waals surface area contributed by atoms with Gasteiger partial charge in [-0.15, -0.1) is 48.0 Å². The van der Waals surface area contributed by atoms with Crippen LogP contribution in [-0.2, 0) is 47.2 Å². The minimum atomic E-state index is -0.278. The van der Waals surface area contributed by atoms with Gasteiger partial charge in [0.2, 0.25) is 0 Å². The van der Waals surface area contributed by atoms with Gasteiger partial charge in [0, 0.05) is 43.2 Å². The van der Waals surface area contributed by atoms with E-state index in [0.29, 0.717) is 0 Å². The van der Waals surface area contributed by atoms with E-state index in [2.05, 4.69) is 219 Å². The molecule has 0 N–H and O–H groups in total. The van der Waals surface area contributed by atoms with E-state index in [1.807, 2.05) is 12.3 Å². The van der Waals surface area contributed by atoms with E-state index in [-0.39, 0.29) is 53.0 Å². The van der Waals surface area contributed by atoms with E-state index < -0.39 is 0 Å². The SMILES string of the molecule is CC(C)(C)c1ccc(-c2[c-]cc(F)cc2)nc1.CC1(C)CC(C)(C)c2c(-n3c(-c4[c-]ccc5c4oc4cc6c(ccc7ccccc76)cc45)nc4ccccc43)c3c(c(-c4ccccc4)c21)C(C)(C)CC3(C)C.[Ir]. The number of pyridine rings is 1. The smallest absolute Gasteiger partial charge is 0.121 e. The Balaban J connectivity index is 0.000000279. The molecule has 3 aromatic heterocycles. The molecule has 0 atom stereocenters. The predicted octanol–water partition coefficient (Wildman–Crippen LogP) is 18.3. The minimum absolute atomic E-state index is 0. The number of nitrogens with zero attached hydrogens (tertiary/aromatic N) is 3. The molecule has 0 bridgehead atoms. The fraction of sp³-hybridized carbons (Fsp3) is 0.265. The van der Waals surface area contributed by atoms with Crippen LogP contribution in [-0.4, -0.2) is 14.5 Å². The van der Waals surface area contributed by atoms with Gasteiger partial charge in [0.05, 0.1) is 22.4 Å². The number of halogens is 1. The van der Waals surface area contributed by atoms with Gasteiger partial charge in [-0.25, -0.2) is 0 Å². The summed E-state index contributed by atoms with van der Waals surface area (Å²) in [5.41, 5.74) is 17.2. The van der Waals surface area contributed by atoms with Crippen molar-refractivity contribution < 1.29 is 28.9 Å². The standard InChI is InChI=1S/C53H47N2O.C15H15FN.Ir/c1-50(2)29-52(5,6)45-43(50)42(32-18-10-9-11-19-32)44-46(53(7,8)30-51(44,3)4)47(45)55-40-24-15-14-23-39(40)54-49(55)36-22-16-21-35-38-27-33-26-25-31-17-12-13-20-34(31)37(33)28-41(38)56-48(35)36;1-15(2,3)12-6-9-14(17-10-12)11-4-7-13(16)8-5-11;/h9-21,23-28H,29-30H2,1-8H3;4,6-10H,1-3H3;/q2*-1;. The third-order valence-electron chi connectivity index (χ3n) is 16.0. The molecule has 11 aromatic rings. The van der Waals surface area contributed by atoms with E-state index in [0.717, 1.165) is 68.5 Å². The molecule has 13 rings (SSSR count). The van der Waals surface area contributed by atoms with Crippen LogP contribution in [0.15, 0.2) is 156 Å². The molecule has 2 aliphatic rings. The molecule has 0 spiro atoms. The molecule has 373 valence electrons. The van der Waals surface area contributed by atoms with Gasteiger partial charge in [-0.1, -0.05) is 178 Å². The summed E-state index contributed by atoms with van der Waals surface area (Å²) in [6.07, 6.45) is 3.98. The second-order valence-electron chi connectivity index (χ2n) is 24.4. The molecule has 0 fully saturated rings. The van der Waals surface area contributed by atoms with Crippen molar-refractivity contribution in [2.45, 2.75) is 116 Å². The van der Waals surface area contributed by atoms with Crippen LogP contribution in [0, 0.1) is 17.9 Å². The summed E-state index contributed by atoms with van der Waals surface area (Å²) in [5, 5.41) is 7.07. The summed E-state index contributed by atoms with van der Waals surface area (Å²) in [7, 11) is 0. The van der Waals surface area contributed by atoms with Crippen molar-refractivity contribution in [3.05, 3.63) is 198 Å². The number of hydrogen-bond donors (Lipinski definition) is 0. The van der Waals surface area contributed by atoms with Gasteiger partial charge < -0.3 is 14.0 Å². The Bertz CT molecular complexity index is 3940. The van der Waals surface area contributed by atoms with E-state index >= 15 is 0 Å². The summed E-state index contributed by atoms with van der Waals surface area (Å²) in [4.78, 5) is 9.94. The summed E-state index contributed by atoms with van der Waals surface area (Å²) in [6, 6.07) is 56.8. The van der Waals surface area contributed by atoms with Crippen LogP contribution in [0.1, 0.15) is 117 Å². The Morgan fingerprint density at radius 2 is 1.26 bits per heavy atom. The van der Waals surface area contributed by atoms with Crippen molar-refractivity contribution in [3.8, 4) is 39.5 Å². The topological polar surface area (TPSA) is 43.9 Å². The number of hydrogen-bond acceptors (Lipinski definition) is 3. The van der Waals surface area contributed by atoms with E-state index in [9.17, 15) is 4.39 Å². The molecule has 1 radical (unpaired) electrons. The van der Waals surface area contributed by atoms with Gasteiger partial charge in [-0.05, 0) is 130 Å². The second-order valence-corrected chi connectivity index (χ2v) is 24.4. The summed E-state index contributed by atoms with van der Waals surface area (Å²) >= 11 is 0. The predicted molar refractivity (Wildman–Crippen MR) is 302 cm³/mol. The normalized spacial score (nSPS) is 16.1. The number of benzene rings is 8. The minimum Gasteiger partial charge on any atom is -0.501 e. The molecule has 3 heterocycles. The van der Waals surface area contributed by atoms with Gasteiger partial charge in [0.1, 0.15) is 5.58 Å². The number of aromatic nitrogens is 3. The van der Waals surface area contributed by atoms with Gasteiger partial charge in [-0.2, -0.15) is 0 Å². The van der Waals surface area contributed by atoms with Crippen LogP contribution < -0.4 is 0 Å². The van der Waals surface area contributed by atoms with Crippen molar-refractivity contribution >= 4 is 54.5 Å². The number of imidazole rings is 1. The zero-order valence-corrected chi connectivity index (χ0v) is 46.7. The molecule has 0 aliphatic heterocycles. The molecule has 8 aromatic carbocycles. The molecule has 0 amide bonds. The first kappa shape index (κ1) is 49.5. The Kier molecular flexibility index (Phi) is 11.7. The maximum atomic E-state index is 12.8. The molecule has 6 heteroatoms. The third-order valence-corrected chi connectivity index (χ3v) is 16.0. The van der Waals surface area contributed by atoms with E-state index in [1.165, 1.54) is 78.3 Å². The van der Waals surface area contributed by atoms with Crippen molar-refractivity contribution in [1.82, 2.24) is 14.5 Å². The molecule has 4 nitrogen and oxygen atoms in total. The largest absolute Gasteiger partial charge is 0.501 e. The van der Waals surface area contributed by atoms with Gasteiger partial charge in [-0.3, -0.25) is 9.37 Å². The molecular formula is C68H62FIrN3O-2. The van der Waals surface area contributed by atoms with Crippen LogP contribution >= 0.6 is 0 Å². The first-order valence-electron chi connectivity index (χ1n) is 25.8. The summed E-state index contributed by atoms with van der Waals surface area (Å²) in [5.74, 6) is 0.601. The Hall–Kier alpha value is -6.72. The second kappa shape index (κ2) is 17.4. The van der Waals surface area contributed by atoms with Crippen molar-refractivity contribution in [2.75, 3.05) is 0 Å². The average Bonchev–Trinajstić information content (AvgIpc) is 4.04. The van der Waals surface area contributed by atoms with E-state index in [4.69, 9.17) is 9.40 Å². The van der Waals surface area contributed by atoms with Crippen molar-refractivity contribution in [3.63, 3.8) is 0 Å². The van der Waals surface area contributed by atoms with Crippen LogP contribution in [0.5, 0.6) is 0 Å². The van der Waals surface area contributed by atoms with E-state index in [1.54, 1.807) is 6.07 Å². The quantitative estimate of drug-likeness (QED) is 0.130. The molecule has 0 unspecified atom stereocenters. The summed E-state index contributed by atoms with van der Waals surface area (Å²) < 4.78 is 22.3. The number of rotatable bonds is 4. The first-order valence-corrected chi connectivity index (χ1v) is 25.8. The molecular weight excluding hydrogens is 1090 g/mol. The zero-order chi connectivity index (χ0) is 51.0. The average molecular weight is 1150 g/mol. The van der Waals surface area contributed by atoms with Crippen LogP contribution in [0.3, 0.4) is 0 Å². The fourth-order valence-corrected chi connectivity index (χ4v) is 13.5. The zero-order valence-electron chi connectivity index (χ0n) is 44.3. The van der Waals surface area contributed by atoms with Gasteiger partial charge >= 0.3 is 0 Å². The Morgan fingerprint density at radius 3 is 1.92 bits per heavy atom. The maximum absolute atomic E-state index is 12.8. The Labute approximate surface area is 448 Å². The number of furan rings is 1. The molecule has 0 saturated heterocycles. The maximum Gasteiger partial charge on any atom is 0.121 e. The van der Waals surface area contributed by atoms with Gasteiger partial charge in [0.15, 0.2) is 0 Å². The third kappa shape index (κ3) is 7.94. The fourth-order valence-electron chi connectivity index (χ4n) is 13.5. The Morgan fingerprint density at radius 1 is 0.608 bits per heavy atom. The van der Waals surface area contributed by atoms with Crippen molar-refractivity contribution in [2.24, 2.45) is 0 Å². The number of para-hydroxylation sites is 2. The summed E-state index contributed by atoms with van der Waals surface area (Å²) in [6.45, 7) is 26.2. The monoisotopic (exact) mass is 1150 g/mol. The first-order chi connectivity index (χ1) is 34.7. The molecule has 0 saturated carbocycles. The molecule has 74 heavy (non-hydrogen) atoms. The molecule has 2 aliphatic carbocycles. The van der Waals surface area contributed by atoms with Crippen LogP contribution in [0.25, 0.3) is 94.0 Å². The van der Waals surface area contributed by atoms with Crippen molar-refractivity contribution in [1.29, 1.82) is 0 Å². The van der Waals surface area contributed by atoms with Gasteiger partial charge in [0.25, 0.3) is 0 Å². The van der Waals surface area contributed by atoms with Crippen LogP contribution in [0.4, 0.5) is 4.39 Å².